The van der Waals surface area contributed by atoms with E-state index < -0.39 is 48.6 Å². The topological polar surface area (TPSA) is 133 Å². The molecule has 0 aromatic rings. The summed E-state index contributed by atoms with van der Waals surface area (Å²) < 4.78 is 10.5. The molecule has 0 aliphatic rings. The van der Waals surface area contributed by atoms with Gasteiger partial charge in [0.05, 0.1) is 25.0 Å². The SMILES string of the molecule is CCCCCCCCCCCCOC(=O)C(CC(=O)[O-])C(CC(=O)[O-])C(=O)OCCCCCCCCCCCC. The van der Waals surface area contributed by atoms with E-state index in [-0.39, 0.29) is 13.2 Å². The van der Waals surface area contributed by atoms with Crippen molar-refractivity contribution in [2.75, 3.05) is 13.2 Å². The maximum absolute atomic E-state index is 12.7. The van der Waals surface area contributed by atoms with Crippen LogP contribution in [0.2, 0.25) is 0 Å². The molecule has 0 spiro atoms. The molecule has 8 heteroatoms. The molecule has 0 N–H and O–H groups in total. The normalized spacial score (nSPS) is 12.6. The standard InChI is InChI=1S/C32H58O8/c1-3-5-7-9-11-13-15-17-19-21-23-39-31(37)27(25-29(33)34)28(26-30(35)36)32(38)40-24-22-20-18-16-14-12-10-8-6-4-2/h27-28H,3-26H2,1-2H3,(H,33,34)(H,35,36)/p-2. The Morgan fingerprint density at radius 3 is 0.950 bits per heavy atom. The van der Waals surface area contributed by atoms with E-state index in [1.165, 1.54) is 77.0 Å². The summed E-state index contributed by atoms with van der Waals surface area (Å²) in [5, 5.41) is 22.6. The van der Waals surface area contributed by atoms with Crippen LogP contribution in [0.5, 0.6) is 0 Å². The Morgan fingerprint density at radius 2 is 0.700 bits per heavy atom. The lowest BCUT2D eigenvalue weighted by Gasteiger charge is -2.25. The monoisotopic (exact) mass is 568 g/mol. The van der Waals surface area contributed by atoms with Gasteiger partial charge in [0.15, 0.2) is 0 Å². The van der Waals surface area contributed by atoms with Crippen LogP contribution in [-0.2, 0) is 28.7 Å². The van der Waals surface area contributed by atoms with E-state index in [2.05, 4.69) is 13.8 Å². The van der Waals surface area contributed by atoms with Crippen LogP contribution < -0.4 is 10.2 Å². The van der Waals surface area contributed by atoms with Gasteiger partial charge in [0.25, 0.3) is 0 Å². The minimum Gasteiger partial charge on any atom is -0.550 e. The van der Waals surface area contributed by atoms with E-state index >= 15 is 0 Å². The van der Waals surface area contributed by atoms with Gasteiger partial charge in [0.2, 0.25) is 0 Å². The summed E-state index contributed by atoms with van der Waals surface area (Å²) in [5.74, 6) is -7.94. The molecule has 0 aliphatic heterocycles. The Balaban J connectivity index is 4.46. The van der Waals surface area contributed by atoms with E-state index in [0.717, 1.165) is 38.5 Å². The lowest BCUT2D eigenvalue weighted by atomic mass is 9.86. The number of aliphatic carboxylic acids is 2. The fraction of sp³-hybridized carbons (Fsp3) is 0.875. The van der Waals surface area contributed by atoms with Crippen LogP contribution in [0, 0.1) is 11.8 Å². The molecule has 0 heterocycles. The van der Waals surface area contributed by atoms with E-state index in [0.29, 0.717) is 12.8 Å². The second-order valence-electron chi connectivity index (χ2n) is 11.1. The predicted octanol–water partition coefficient (Wildman–Crippen LogP) is 5.43. The molecule has 0 aromatic heterocycles. The molecule has 0 saturated heterocycles. The number of carboxylic acid groups (broad SMARTS) is 2. The number of hydrogen-bond donors (Lipinski definition) is 0. The number of hydrogen-bond acceptors (Lipinski definition) is 8. The fourth-order valence-corrected chi connectivity index (χ4v) is 4.88. The lowest BCUT2D eigenvalue weighted by Crippen LogP contribution is -2.40. The Labute approximate surface area is 243 Å². The fourth-order valence-electron chi connectivity index (χ4n) is 4.88. The van der Waals surface area contributed by atoms with Crippen LogP contribution in [-0.4, -0.2) is 37.1 Å². The number of carbonyl (C=O) groups excluding carboxylic acids is 4. The molecule has 0 aromatic carbocycles. The van der Waals surface area contributed by atoms with E-state index in [1.54, 1.807) is 0 Å². The van der Waals surface area contributed by atoms with Gasteiger partial charge in [-0.2, -0.15) is 0 Å². The maximum atomic E-state index is 12.7. The van der Waals surface area contributed by atoms with Crippen LogP contribution >= 0.6 is 0 Å². The third kappa shape index (κ3) is 22.7. The highest BCUT2D eigenvalue weighted by Gasteiger charge is 2.36. The van der Waals surface area contributed by atoms with Crippen molar-refractivity contribution in [2.45, 2.75) is 155 Å². The largest absolute Gasteiger partial charge is 0.550 e. The van der Waals surface area contributed by atoms with Gasteiger partial charge in [0.1, 0.15) is 0 Å². The molecule has 0 aliphatic carbocycles. The summed E-state index contributed by atoms with van der Waals surface area (Å²) in [5.41, 5.74) is 0. The van der Waals surface area contributed by atoms with Crippen LogP contribution in [0.1, 0.15) is 155 Å². The van der Waals surface area contributed by atoms with Crippen molar-refractivity contribution < 1.29 is 38.9 Å². The van der Waals surface area contributed by atoms with Gasteiger partial charge in [-0.1, -0.05) is 129 Å². The van der Waals surface area contributed by atoms with Crippen LogP contribution in [0.25, 0.3) is 0 Å². The van der Waals surface area contributed by atoms with Gasteiger partial charge in [-0.3, -0.25) is 9.59 Å². The zero-order valence-electron chi connectivity index (χ0n) is 25.4. The number of rotatable bonds is 29. The lowest BCUT2D eigenvalue weighted by molar-refractivity contribution is -0.310. The highest BCUT2D eigenvalue weighted by molar-refractivity contribution is 5.87. The minimum atomic E-state index is -1.56. The van der Waals surface area contributed by atoms with Crippen LogP contribution in [0.4, 0.5) is 0 Å². The van der Waals surface area contributed by atoms with Crippen molar-refractivity contribution in [2.24, 2.45) is 11.8 Å². The second-order valence-corrected chi connectivity index (χ2v) is 11.1. The van der Waals surface area contributed by atoms with Gasteiger partial charge < -0.3 is 29.3 Å². The second kappa shape index (κ2) is 27.1. The molecule has 234 valence electrons. The number of unbranched alkanes of at least 4 members (excludes halogenated alkanes) is 18. The summed E-state index contributed by atoms with van der Waals surface area (Å²) in [6, 6.07) is 0. The Kier molecular flexibility index (Phi) is 25.6. The quantitative estimate of drug-likeness (QED) is 0.0862. The number of carbonyl (C=O) groups is 4. The average molecular weight is 569 g/mol. The Bertz CT molecular complexity index is 607. The Morgan fingerprint density at radius 1 is 0.450 bits per heavy atom. The van der Waals surface area contributed by atoms with Crippen molar-refractivity contribution in [3.8, 4) is 0 Å². The summed E-state index contributed by atoms with van der Waals surface area (Å²) in [6.45, 7) is 4.57. The van der Waals surface area contributed by atoms with Gasteiger partial charge in [-0.05, 0) is 12.8 Å². The zero-order valence-corrected chi connectivity index (χ0v) is 25.4. The average Bonchev–Trinajstić information content (AvgIpc) is 2.91. The van der Waals surface area contributed by atoms with Gasteiger partial charge in [-0.15, -0.1) is 0 Å². The predicted molar refractivity (Wildman–Crippen MR) is 152 cm³/mol. The molecule has 0 rings (SSSR count). The molecule has 0 saturated carbocycles. The van der Waals surface area contributed by atoms with Gasteiger partial charge in [-0.25, -0.2) is 0 Å². The van der Waals surface area contributed by atoms with Crippen molar-refractivity contribution in [1.29, 1.82) is 0 Å². The van der Waals surface area contributed by atoms with Gasteiger partial charge in [0, 0.05) is 24.8 Å². The molecule has 0 fully saturated rings. The van der Waals surface area contributed by atoms with Gasteiger partial charge >= 0.3 is 11.9 Å². The first-order chi connectivity index (χ1) is 19.3. The third-order valence-electron chi connectivity index (χ3n) is 7.35. The number of ether oxygens (including phenoxy) is 2. The smallest absolute Gasteiger partial charge is 0.310 e. The molecule has 0 amide bonds. The van der Waals surface area contributed by atoms with E-state index in [1.807, 2.05) is 0 Å². The maximum Gasteiger partial charge on any atom is 0.310 e. The summed E-state index contributed by atoms with van der Waals surface area (Å²) >= 11 is 0. The first kappa shape index (κ1) is 37.9. The minimum absolute atomic E-state index is 0.0879. The van der Waals surface area contributed by atoms with Crippen LogP contribution in [0.15, 0.2) is 0 Å². The first-order valence-corrected chi connectivity index (χ1v) is 16.1. The van der Waals surface area contributed by atoms with Crippen molar-refractivity contribution >= 4 is 23.9 Å². The van der Waals surface area contributed by atoms with Crippen molar-refractivity contribution in [3.05, 3.63) is 0 Å². The Hall–Kier alpha value is -2.12. The summed E-state index contributed by atoms with van der Waals surface area (Å²) in [4.78, 5) is 48.0. The van der Waals surface area contributed by atoms with Crippen molar-refractivity contribution in [1.82, 2.24) is 0 Å². The number of esters is 2. The molecule has 2 atom stereocenters. The summed E-state index contributed by atoms with van der Waals surface area (Å²) in [6.07, 6.45) is 20.6. The highest BCUT2D eigenvalue weighted by atomic mass is 16.5. The highest BCUT2D eigenvalue weighted by Crippen LogP contribution is 2.24. The molecular weight excluding hydrogens is 512 g/mol. The molecule has 8 nitrogen and oxygen atoms in total. The number of carboxylic acids is 2. The summed E-state index contributed by atoms with van der Waals surface area (Å²) in [7, 11) is 0. The first-order valence-electron chi connectivity index (χ1n) is 16.1. The van der Waals surface area contributed by atoms with E-state index in [9.17, 15) is 29.4 Å². The van der Waals surface area contributed by atoms with Crippen LogP contribution in [0.3, 0.4) is 0 Å². The molecule has 40 heavy (non-hydrogen) atoms. The van der Waals surface area contributed by atoms with Crippen molar-refractivity contribution in [3.63, 3.8) is 0 Å². The van der Waals surface area contributed by atoms with E-state index in [4.69, 9.17) is 9.47 Å². The zero-order chi connectivity index (χ0) is 29.8. The molecule has 0 bridgehead atoms. The third-order valence-corrected chi connectivity index (χ3v) is 7.35. The molecular formula is C32H56O8-2. The molecule has 0 radical (unpaired) electrons. The molecule has 2 unspecified atom stereocenters.